The molecular weight excluding hydrogens is 210 g/mol. The highest BCUT2D eigenvalue weighted by molar-refractivity contribution is 6.21. The van der Waals surface area contributed by atoms with Crippen molar-refractivity contribution in [3.63, 3.8) is 0 Å². The molecule has 3 heteroatoms. The minimum absolute atomic E-state index is 0.195. The van der Waals surface area contributed by atoms with Gasteiger partial charge < -0.3 is 4.90 Å². The lowest BCUT2D eigenvalue weighted by Crippen LogP contribution is -2.28. The van der Waals surface area contributed by atoms with Crippen molar-refractivity contribution in [2.45, 2.75) is 50.3 Å². The Kier molecular flexibility index (Phi) is 3.90. The summed E-state index contributed by atoms with van der Waals surface area (Å²) in [5.41, 5.74) is 0. The minimum Gasteiger partial charge on any atom is -0.341 e. The first kappa shape index (κ1) is 11.3. The van der Waals surface area contributed by atoms with E-state index in [9.17, 15) is 4.79 Å². The molecule has 1 saturated carbocycles. The number of hydrogen-bond donors (Lipinski definition) is 0. The second-order valence-electron chi connectivity index (χ2n) is 4.91. The molecule has 1 aliphatic heterocycles. The molecule has 1 atom stereocenters. The van der Waals surface area contributed by atoms with Gasteiger partial charge in [0.25, 0.3) is 0 Å². The summed E-state index contributed by atoms with van der Waals surface area (Å²) in [6.45, 7) is 1.64. The van der Waals surface area contributed by atoms with Crippen molar-refractivity contribution in [1.82, 2.24) is 4.90 Å². The molecule has 2 aliphatic rings. The number of halogens is 1. The first-order chi connectivity index (χ1) is 7.25. The summed E-state index contributed by atoms with van der Waals surface area (Å²) in [5, 5.41) is 0.195. The summed E-state index contributed by atoms with van der Waals surface area (Å²) in [7, 11) is 0. The summed E-state index contributed by atoms with van der Waals surface area (Å²) in [6, 6.07) is 0. The molecule has 1 amide bonds. The van der Waals surface area contributed by atoms with Crippen molar-refractivity contribution in [3.05, 3.63) is 0 Å². The smallest absolute Gasteiger partial charge is 0.222 e. The van der Waals surface area contributed by atoms with Crippen LogP contribution in [0.2, 0.25) is 0 Å². The second-order valence-corrected chi connectivity index (χ2v) is 5.53. The zero-order valence-electron chi connectivity index (χ0n) is 9.25. The van der Waals surface area contributed by atoms with Crippen molar-refractivity contribution in [1.29, 1.82) is 0 Å². The van der Waals surface area contributed by atoms with Gasteiger partial charge in [0.05, 0.1) is 5.38 Å². The van der Waals surface area contributed by atoms with Gasteiger partial charge in [-0.05, 0) is 18.8 Å². The fourth-order valence-corrected chi connectivity index (χ4v) is 2.99. The maximum absolute atomic E-state index is 11.8. The van der Waals surface area contributed by atoms with Crippen molar-refractivity contribution >= 4 is 17.5 Å². The SMILES string of the molecule is O=C(CCC1CCCC1)N1CCC(Cl)C1. The first-order valence-electron chi connectivity index (χ1n) is 6.17. The van der Waals surface area contributed by atoms with Crippen molar-refractivity contribution in [2.24, 2.45) is 5.92 Å². The number of likely N-dealkylation sites (tertiary alicyclic amines) is 1. The predicted octanol–water partition coefficient (Wildman–Crippen LogP) is 2.80. The number of rotatable bonds is 3. The molecule has 1 aliphatic carbocycles. The third kappa shape index (κ3) is 3.10. The number of hydrogen-bond acceptors (Lipinski definition) is 1. The van der Waals surface area contributed by atoms with Crippen LogP contribution >= 0.6 is 11.6 Å². The normalized spacial score (nSPS) is 27.5. The van der Waals surface area contributed by atoms with Crippen LogP contribution in [-0.2, 0) is 4.79 Å². The van der Waals surface area contributed by atoms with Gasteiger partial charge in [-0.1, -0.05) is 25.7 Å². The van der Waals surface area contributed by atoms with Gasteiger partial charge in [0.15, 0.2) is 0 Å². The molecule has 2 fully saturated rings. The van der Waals surface area contributed by atoms with E-state index in [1.807, 2.05) is 4.90 Å². The minimum atomic E-state index is 0.195. The molecule has 2 nitrogen and oxygen atoms in total. The Hall–Kier alpha value is -0.240. The number of alkyl halides is 1. The molecule has 86 valence electrons. The van der Waals surface area contributed by atoms with Gasteiger partial charge in [-0.25, -0.2) is 0 Å². The van der Waals surface area contributed by atoms with Crippen LogP contribution in [-0.4, -0.2) is 29.3 Å². The molecule has 0 spiro atoms. The van der Waals surface area contributed by atoms with Crippen molar-refractivity contribution < 1.29 is 4.79 Å². The van der Waals surface area contributed by atoms with Gasteiger partial charge in [-0.3, -0.25) is 4.79 Å². The number of nitrogens with zero attached hydrogens (tertiary/aromatic N) is 1. The Morgan fingerprint density at radius 1 is 1.27 bits per heavy atom. The van der Waals surface area contributed by atoms with E-state index in [0.717, 1.165) is 38.3 Å². The molecule has 0 N–H and O–H groups in total. The van der Waals surface area contributed by atoms with Crippen LogP contribution in [0.4, 0.5) is 0 Å². The van der Waals surface area contributed by atoms with Gasteiger partial charge in [-0.15, -0.1) is 11.6 Å². The van der Waals surface area contributed by atoms with Crippen LogP contribution in [0.3, 0.4) is 0 Å². The Morgan fingerprint density at radius 3 is 2.60 bits per heavy atom. The molecule has 0 aromatic rings. The fraction of sp³-hybridized carbons (Fsp3) is 0.917. The molecular formula is C12H20ClNO. The highest BCUT2D eigenvalue weighted by Gasteiger charge is 2.25. The van der Waals surface area contributed by atoms with Gasteiger partial charge in [0.1, 0.15) is 0 Å². The van der Waals surface area contributed by atoms with Gasteiger partial charge in [0, 0.05) is 19.5 Å². The lowest BCUT2D eigenvalue weighted by molar-refractivity contribution is -0.130. The van der Waals surface area contributed by atoms with Gasteiger partial charge in [0.2, 0.25) is 5.91 Å². The molecule has 1 saturated heterocycles. The monoisotopic (exact) mass is 229 g/mol. The lowest BCUT2D eigenvalue weighted by atomic mass is 10.0. The molecule has 0 aromatic heterocycles. The summed E-state index contributed by atoms with van der Waals surface area (Å²) in [6.07, 6.45) is 8.22. The van der Waals surface area contributed by atoms with Crippen LogP contribution in [0.25, 0.3) is 0 Å². The van der Waals surface area contributed by atoms with Crippen LogP contribution in [0.1, 0.15) is 44.9 Å². The highest BCUT2D eigenvalue weighted by Crippen LogP contribution is 2.29. The molecule has 1 unspecified atom stereocenters. The van der Waals surface area contributed by atoms with E-state index < -0.39 is 0 Å². The summed E-state index contributed by atoms with van der Waals surface area (Å²) >= 11 is 5.98. The van der Waals surface area contributed by atoms with Gasteiger partial charge >= 0.3 is 0 Å². The Morgan fingerprint density at radius 2 is 2.00 bits per heavy atom. The zero-order chi connectivity index (χ0) is 10.7. The molecule has 0 radical (unpaired) electrons. The van der Waals surface area contributed by atoms with Gasteiger partial charge in [-0.2, -0.15) is 0 Å². The lowest BCUT2D eigenvalue weighted by Gasteiger charge is -2.16. The van der Waals surface area contributed by atoms with Crippen LogP contribution in [0.15, 0.2) is 0 Å². The standard InChI is InChI=1S/C12H20ClNO/c13-11-7-8-14(9-11)12(15)6-5-10-3-1-2-4-10/h10-11H,1-9H2. The van der Waals surface area contributed by atoms with Crippen molar-refractivity contribution in [2.75, 3.05) is 13.1 Å². The van der Waals surface area contributed by atoms with E-state index >= 15 is 0 Å². The van der Waals surface area contributed by atoms with E-state index in [0.29, 0.717) is 5.91 Å². The highest BCUT2D eigenvalue weighted by atomic mass is 35.5. The molecule has 0 aromatic carbocycles. The largest absolute Gasteiger partial charge is 0.341 e. The van der Waals surface area contributed by atoms with E-state index in [2.05, 4.69) is 0 Å². The molecule has 0 bridgehead atoms. The van der Waals surface area contributed by atoms with Crippen LogP contribution in [0.5, 0.6) is 0 Å². The summed E-state index contributed by atoms with van der Waals surface area (Å²) in [5.74, 6) is 1.15. The third-order valence-electron chi connectivity index (χ3n) is 3.72. The fourth-order valence-electron chi connectivity index (χ4n) is 2.73. The Labute approximate surface area is 97.0 Å². The van der Waals surface area contributed by atoms with Crippen molar-refractivity contribution in [3.8, 4) is 0 Å². The zero-order valence-corrected chi connectivity index (χ0v) is 10.0. The quantitative estimate of drug-likeness (QED) is 0.682. The van der Waals surface area contributed by atoms with Crippen LogP contribution < -0.4 is 0 Å². The second kappa shape index (κ2) is 5.20. The maximum atomic E-state index is 11.8. The third-order valence-corrected chi connectivity index (χ3v) is 4.08. The molecule has 1 heterocycles. The number of carbonyl (C=O) groups is 1. The van der Waals surface area contributed by atoms with Crippen LogP contribution in [0, 0.1) is 5.92 Å². The predicted molar refractivity (Wildman–Crippen MR) is 62.0 cm³/mol. The molecule has 15 heavy (non-hydrogen) atoms. The number of amides is 1. The summed E-state index contributed by atoms with van der Waals surface area (Å²) < 4.78 is 0. The topological polar surface area (TPSA) is 20.3 Å². The molecule has 2 rings (SSSR count). The Balaban J connectivity index is 1.67. The van der Waals surface area contributed by atoms with E-state index in [-0.39, 0.29) is 5.38 Å². The average molecular weight is 230 g/mol. The maximum Gasteiger partial charge on any atom is 0.222 e. The van der Waals surface area contributed by atoms with E-state index in [1.54, 1.807) is 0 Å². The van der Waals surface area contributed by atoms with E-state index in [4.69, 9.17) is 11.6 Å². The van der Waals surface area contributed by atoms with E-state index in [1.165, 1.54) is 25.7 Å². The summed E-state index contributed by atoms with van der Waals surface area (Å²) in [4.78, 5) is 13.8. The average Bonchev–Trinajstić information content (AvgIpc) is 2.84. The Bertz CT molecular complexity index is 226. The first-order valence-corrected chi connectivity index (χ1v) is 6.61. The number of carbonyl (C=O) groups excluding carboxylic acids is 1.